The second kappa shape index (κ2) is 66.8. The van der Waals surface area contributed by atoms with E-state index in [0.29, 0.717) is 12.8 Å². The normalized spacial score (nSPS) is 13.5. The van der Waals surface area contributed by atoms with Crippen molar-refractivity contribution in [2.24, 2.45) is 0 Å². The number of ether oxygens (including phenoxy) is 3. The molecule has 0 N–H and O–H groups in total. The Balaban J connectivity index is 4.21. The first-order valence-corrected chi connectivity index (χ1v) is 31.9. The summed E-state index contributed by atoms with van der Waals surface area (Å²) >= 11 is 0. The van der Waals surface area contributed by atoms with Crippen LogP contribution < -0.4 is 0 Å². The summed E-state index contributed by atoms with van der Waals surface area (Å²) in [6, 6.07) is 0. The lowest BCUT2D eigenvalue weighted by atomic mass is 10.1. The zero-order chi connectivity index (χ0) is 58.5. The molecule has 0 spiro atoms. The number of hydrogen-bond acceptors (Lipinski definition) is 6. The molecule has 0 aromatic heterocycles. The molecule has 0 bridgehead atoms. The number of carbonyl (C=O) groups excluding carboxylic acids is 3. The highest BCUT2D eigenvalue weighted by atomic mass is 16.6. The van der Waals surface area contributed by atoms with Crippen molar-refractivity contribution in [2.45, 2.75) is 245 Å². The maximum atomic E-state index is 12.8. The van der Waals surface area contributed by atoms with E-state index < -0.39 is 6.10 Å². The van der Waals surface area contributed by atoms with Crippen molar-refractivity contribution in [1.82, 2.24) is 0 Å². The number of carbonyl (C=O) groups is 3. The molecular weight excluding hydrogens is 997 g/mol. The minimum absolute atomic E-state index is 0.107. The molecule has 0 saturated heterocycles. The molecule has 0 saturated carbocycles. The predicted molar refractivity (Wildman–Crippen MR) is 352 cm³/mol. The van der Waals surface area contributed by atoms with Gasteiger partial charge in [-0.25, -0.2) is 0 Å². The summed E-state index contributed by atoms with van der Waals surface area (Å²) in [6.07, 6.45) is 102. The van der Waals surface area contributed by atoms with E-state index in [1.54, 1.807) is 0 Å². The molecule has 6 heteroatoms. The number of hydrogen-bond donors (Lipinski definition) is 0. The zero-order valence-corrected chi connectivity index (χ0v) is 51.5. The van der Waals surface area contributed by atoms with Gasteiger partial charge in [0.15, 0.2) is 6.10 Å². The van der Waals surface area contributed by atoms with E-state index in [-0.39, 0.29) is 37.5 Å². The second-order valence-corrected chi connectivity index (χ2v) is 20.2. The number of rotatable bonds is 55. The lowest BCUT2D eigenvalue weighted by Gasteiger charge is -2.18. The molecule has 0 rings (SSSR count). The molecule has 0 aliphatic rings. The van der Waals surface area contributed by atoms with Gasteiger partial charge in [0.2, 0.25) is 0 Å². The van der Waals surface area contributed by atoms with Crippen LogP contribution in [-0.4, -0.2) is 37.2 Å². The van der Waals surface area contributed by atoms with E-state index in [9.17, 15) is 14.4 Å². The van der Waals surface area contributed by atoms with Gasteiger partial charge in [-0.15, -0.1) is 0 Å². The van der Waals surface area contributed by atoms with Crippen LogP contribution in [0, 0.1) is 0 Å². The minimum Gasteiger partial charge on any atom is -0.462 e. The highest BCUT2D eigenvalue weighted by Crippen LogP contribution is 2.12. The van der Waals surface area contributed by atoms with Crippen molar-refractivity contribution in [3.63, 3.8) is 0 Å². The van der Waals surface area contributed by atoms with Crippen LogP contribution in [-0.2, 0) is 28.6 Å². The Hall–Kier alpha value is -5.75. The van der Waals surface area contributed by atoms with Gasteiger partial charge in [-0.3, -0.25) is 14.4 Å². The highest BCUT2D eigenvalue weighted by molar-refractivity contribution is 5.71. The van der Waals surface area contributed by atoms with Crippen molar-refractivity contribution in [2.75, 3.05) is 13.2 Å². The first-order valence-electron chi connectivity index (χ1n) is 31.9. The summed E-state index contributed by atoms with van der Waals surface area (Å²) in [5, 5.41) is 0. The topological polar surface area (TPSA) is 78.9 Å². The Morgan fingerprint density at radius 3 is 0.741 bits per heavy atom. The SMILES string of the molecule is CC/C=C\C/C=C\C/C=C\C/C=C\C/C=C\C/C=C\C/C=C\C/C=C\C/C=C\C/C=C\CCCCCCC(=O)OCC(COC(=O)CCCCCCC)OC(=O)CCCCCC/C=C\C/C=C\C/C=C\C/C=C\C/C=C\C/C=C\CC. The van der Waals surface area contributed by atoms with Gasteiger partial charge in [0.25, 0.3) is 0 Å². The van der Waals surface area contributed by atoms with Crippen molar-refractivity contribution < 1.29 is 28.6 Å². The third kappa shape index (κ3) is 64.9. The molecule has 0 aliphatic heterocycles. The Bertz CT molecular complexity index is 1950. The monoisotopic (exact) mass is 1110 g/mol. The van der Waals surface area contributed by atoms with Gasteiger partial charge >= 0.3 is 17.9 Å². The maximum Gasteiger partial charge on any atom is 0.306 e. The van der Waals surface area contributed by atoms with Gasteiger partial charge in [-0.1, -0.05) is 267 Å². The average Bonchev–Trinajstić information content (AvgIpc) is 3.47. The van der Waals surface area contributed by atoms with Crippen LogP contribution >= 0.6 is 0 Å². The van der Waals surface area contributed by atoms with Crippen LogP contribution in [0.2, 0.25) is 0 Å². The summed E-state index contributed by atoms with van der Waals surface area (Å²) in [5.41, 5.74) is 0. The molecule has 0 amide bonds. The van der Waals surface area contributed by atoms with E-state index in [1.165, 1.54) is 0 Å². The Kier molecular flexibility index (Phi) is 62.0. The Labute approximate surface area is 497 Å². The van der Waals surface area contributed by atoms with E-state index in [0.717, 1.165) is 199 Å². The number of esters is 3. The van der Waals surface area contributed by atoms with Crippen molar-refractivity contribution in [1.29, 1.82) is 0 Å². The molecule has 0 radical (unpaired) electrons. The van der Waals surface area contributed by atoms with Crippen LogP contribution in [0.25, 0.3) is 0 Å². The third-order valence-electron chi connectivity index (χ3n) is 12.6. The first-order chi connectivity index (χ1) is 40.0. The lowest BCUT2D eigenvalue weighted by Crippen LogP contribution is -2.30. The average molecular weight is 1110 g/mol. The first kappa shape index (κ1) is 75.2. The van der Waals surface area contributed by atoms with Gasteiger partial charge in [-0.2, -0.15) is 0 Å². The summed E-state index contributed by atoms with van der Waals surface area (Å²) in [7, 11) is 0. The molecular formula is C75H114O6. The van der Waals surface area contributed by atoms with Gasteiger partial charge in [0, 0.05) is 19.3 Å². The fraction of sp³-hybridized carbons (Fsp3) is 0.533. The van der Waals surface area contributed by atoms with Crippen LogP contribution in [0.5, 0.6) is 0 Å². The largest absolute Gasteiger partial charge is 0.462 e. The standard InChI is InChI=1S/C75H114O6/c1-4-7-10-13-15-17-19-21-23-25-27-29-31-32-33-34-35-36-37-38-39-40-41-42-44-45-47-49-51-53-55-57-59-62-65-68-74(77)80-71-72(70-79-73(76)67-64-61-12-9-6-3)81-75(78)69-66-63-60-58-56-54-52-50-48-46-43-30-28-26-24-22-20-18-16-14-11-8-5-2/h7-8,10-11,15-18,21-24,27-30,32-33,35-36,38-39,41-42,45-48,51-54,72H,4-6,9,12-14,19-20,25-26,31,34,37,40,43-44,49-50,55-71H2,1-3H3/b10-7-,11-8-,17-15-,18-16-,23-21-,24-22-,29-27-,30-28-,33-32-,36-35-,39-38-,42-41-,47-45-,48-46-,53-51-,54-52-. The summed E-state index contributed by atoms with van der Waals surface area (Å²) in [5.74, 6) is -0.984. The molecule has 1 unspecified atom stereocenters. The highest BCUT2D eigenvalue weighted by Gasteiger charge is 2.19. The van der Waals surface area contributed by atoms with Crippen molar-refractivity contribution in [3.05, 3.63) is 194 Å². The van der Waals surface area contributed by atoms with Crippen molar-refractivity contribution in [3.8, 4) is 0 Å². The van der Waals surface area contributed by atoms with E-state index in [1.807, 2.05) is 0 Å². The van der Waals surface area contributed by atoms with Crippen molar-refractivity contribution >= 4 is 17.9 Å². The maximum absolute atomic E-state index is 12.8. The molecule has 0 aromatic rings. The number of allylic oxidation sites excluding steroid dienone is 32. The zero-order valence-electron chi connectivity index (χ0n) is 51.5. The molecule has 6 nitrogen and oxygen atoms in total. The van der Waals surface area contributed by atoms with Crippen LogP contribution in [0.4, 0.5) is 0 Å². The van der Waals surface area contributed by atoms with Crippen LogP contribution in [0.15, 0.2) is 194 Å². The van der Waals surface area contributed by atoms with Gasteiger partial charge in [-0.05, 0) is 148 Å². The quantitative estimate of drug-likeness (QED) is 0.0261. The lowest BCUT2D eigenvalue weighted by molar-refractivity contribution is -0.167. The van der Waals surface area contributed by atoms with Gasteiger partial charge in [0.05, 0.1) is 0 Å². The fourth-order valence-electron chi connectivity index (χ4n) is 7.88. The molecule has 450 valence electrons. The molecule has 0 aliphatic carbocycles. The Morgan fingerprint density at radius 1 is 0.259 bits per heavy atom. The van der Waals surface area contributed by atoms with E-state index >= 15 is 0 Å². The molecule has 81 heavy (non-hydrogen) atoms. The smallest absolute Gasteiger partial charge is 0.306 e. The molecule has 0 heterocycles. The third-order valence-corrected chi connectivity index (χ3v) is 12.6. The second-order valence-electron chi connectivity index (χ2n) is 20.2. The van der Waals surface area contributed by atoms with E-state index in [2.05, 4.69) is 215 Å². The summed E-state index contributed by atoms with van der Waals surface area (Å²) < 4.78 is 16.7. The summed E-state index contributed by atoms with van der Waals surface area (Å²) in [6.45, 7) is 6.26. The molecule has 0 fully saturated rings. The molecule has 1 atom stereocenters. The summed E-state index contributed by atoms with van der Waals surface area (Å²) in [4.78, 5) is 37.9. The minimum atomic E-state index is -0.810. The molecule has 0 aromatic carbocycles. The van der Waals surface area contributed by atoms with Gasteiger partial charge in [0.1, 0.15) is 13.2 Å². The fourth-order valence-corrected chi connectivity index (χ4v) is 7.88. The number of unbranched alkanes of at least 4 members (excludes halogenated alkanes) is 12. The van der Waals surface area contributed by atoms with E-state index in [4.69, 9.17) is 14.2 Å². The Morgan fingerprint density at radius 2 is 0.481 bits per heavy atom. The van der Waals surface area contributed by atoms with Crippen LogP contribution in [0.3, 0.4) is 0 Å². The predicted octanol–water partition coefficient (Wildman–Crippen LogP) is 22.2. The van der Waals surface area contributed by atoms with Gasteiger partial charge < -0.3 is 14.2 Å². The van der Waals surface area contributed by atoms with Crippen LogP contribution in [0.1, 0.15) is 239 Å².